The Bertz CT molecular complexity index is 1110. The fraction of sp³-hybridized carbons (Fsp3) is 0.235. The molecule has 2 aromatic heterocycles. The van der Waals surface area contributed by atoms with Crippen LogP contribution in [0, 0.1) is 0 Å². The molecule has 0 fully saturated rings. The second-order valence-electron chi connectivity index (χ2n) is 6.30. The number of aromatic hydroxyl groups is 1. The van der Waals surface area contributed by atoms with Crippen LogP contribution in [0.2, 0.25) is 14.5 Å². The van der Waals surface area contributed by atoms with E-state index in [0.29, 0.717) is 32.6 Å². The second kappa shape index (κ2) is 6.67. The zero-order chi connectivity index (χ0) is 19.5. The molecule has 0 saturated carbocycles. The van der Waals surface area contributed by atoms with Crippen molar-refractivity contribution in [3.8, 4) is 17.0 Å². The van der Waals surface area contributed by atoms with Crippen LogP contribution in [0.15, 0.2) is 29.2 Å². The Kier molecular flexibility index (Phi) is 4.58. The first kappa shape index (κ1) is 18.6. The number of likely N-dealkylation sites (N-methyl/N-ethyl adjacent to an activating group) is 1. The average Bonchev–Trinajstić information content (AvgIpc) is 3.15. The van der Waals surface area contributed by atoms with Gasteiger partial charge in [-0.3, -0.25) is 4.90 Å². The largest absolute Gasteiger partial charge is 0.483 e. The van der Waals surface area contributed by atoms with Crippen LogP contribution < -0.4 is 15.0 Å². The lowest BCUT2D eigenvalue weighted by Gasteiger charge is -2.12. The van der Waals surface area contributed by atoms with E-state index in [1.807, 2.05) is 11.9 Å². The van der Waals surface area contributed by atoms with Gasteiger partial charge in [-0.25, -0.2) is 14.3 Å². The number of rotatable bonds is 2. The number of hydrogen-bond donors (Lipinski definition) is 1. The van der Waals surface area contributed by atoms with E-state index in [2.05, 4.69) is 4.98 Å². The van der Waals surface area contributed by atoms with Crippen LogP contribution in [0.1, 0.15) is 10.9 Å². The molecule has 0 amide bonds. The smallest absolute Gasteiger partial charge is 0.365 e. The number of halogens is 3. The van der Waals surface area contributed by atoms with Gasteiger partial charge in [-0.2, -0.15) is 4.57 Å². The predicted octanol–water partition coefficient (Wildman–Crippen LogP) is 3.50. The number of fused-ring (bicyclic) bond motifs is 1. The highest BCUT2D eigenvalue weighted by atomic mass is 35.5. The van der Waals surface area contributed by atoms with Crippen molar-refractivity contribution in [2.24, 2.45) is 7.05 Å². The van der Waals surface area contributed by atoms with Gasteiger partial charge in [-0.05, 0) is 23.8 Å². The van der Waals surface area contributed by atoms with E-state index in [9.17, 15) is 9.90 Å². The lowest BCUT2D eigenvalue weighted by atomic mass is 10.1. The molecule has 1 unspecified atom stereocenters. The first-order valence-corrected chi connectivity index (χ1v) is 9.89. The maximum Gasteiger partial charge on any atom is 0.365 e. The van der Waals surface area contributed by atoms with Crippen molar-refractivity contribution >= 4 is 52.1 Å². The third-order valence-electron chi connectivity index (χ3n) is 4.56. The molecule has 1 aliphatic rings. The van der Waals surface area contributed by atoms with Gasteiger partial charge in [0.15, 0.2) is 10.5 Å². The number of aromatic nitrogens is 3. The summed E-state index contributed by atoms with van der Waals surface area (Å²) >= 11 is 19.5. The lowest BCUT2D eigenvalue weighted by Crippen LogP contribution is -2.41. The van der Waals surface area contributed by atoms with Gasteiger partial charge in [0.2, 0.25) is 0 Å². The number of thiazole rings is 1. The Labute approximate surface area is 173 Å². The van der Waals surface area contributed by atoms with Crippen molar-refractivity contribution in [1.29, 1.82) is 0 Å². The maximum absolute atomic E-state index is 13.4. The Morgan fingerprint density at radius 1 is 1.26 bits per heavy atom. The van der Waals surface area contributed by atoms with Gasteiger partial charge < -0.3 is 5.11 Å². The summed E-state index contributed by atoms with van der Waals surface area (Å²) in [6.07, 6.45) is 1.68. The summed E-state index contributed by atoms with van der Waals surface area (Å²) in [5, 5.41) is 11.5. The molecular weight excluding hydrogens is 431 g/mol. The van der Waals surface area contributed by atoms with E-state index in [1.165, 1.54) is 11.3 Å². The molecule has 10 heteroatoms. The van der Waals surface area contributed by atoms with Gasteiger partial charge >= 0.3 is 11.5 Å². The summed E-state index contributed by atoms with van der Waals surface area (Å²) in [4.78, 5) is 20.3. The number of nitrogens with zero attached hydrogens (tertiary/aromatic N) is 4. The maximum atomic E-state index is 13.4. The summed E-state index contributed by atoms with van der Waals surface area (Å²) < 4.78 is 3.64. The molecule has 1 atom stereocenters. The zero-order valence-corrected chi connectivity index (χ0v) is 17.4. The van der Waals surface area contributed by atoms with Gasteiger partial charge in [0.1, 0.15) is 12.1 Å². The van der Waals surface area contributed by atoms with Crippen molar-refractivity contribution in [3.05, 3.63) is 54.1 Å². The van der Waals surface area contributed by atoms with Crippen molar-refractivity contribution in [2.45, 2.75) is 6.04 Å². The minimum Gasteiger partial charge on any atom is -0.483 e. The van der Waals surface area contributed by atoms with E-state index < -0.39 is 0 Å². The van der Waals surface area contributed by atoms with Gasteiger partial charge in [-0.1, -0.05) is 34.8 Å². The molecule has 27 heavy (non-hydrogen) atoms. The number of benzene rings is 1. The van der Waals surface area contributed by atoms with Crippen LogP contribution in [-0.4, -0.2) is 28.3 Å². The van der Waals surface area contributed by atoms with Crippen LogP contribution in [-0.2, 0) is 7.05 Å². The van der Waals surface area contributed by atoms with Crippen LogP contribution in [0.5, 0.6) is 5.88 Å². The molecule has 4 rings (SSSR count). The van der Waals surface area contributed by atoms with Gasteiger partial charge in [0, 0.05) is 16.2 Å². The Morgan fingerprint density at radius 2 is 1.93 bits per heavy atom. The molecule has 3 heterocycles. The van der Waals surface area contributed by atoms with E-state index in [4.69, 9.17) is 34.8 Å². The Balaban J connectivity index is 2.02. The molecule has 1 aliphatic heterocycles. The summed E-state index contributed by atoms with van der Waals surface area (Å²) in [5.74, 6) is 0.434. The number of anilines is 1. The molecule has 140 valence electrons. The Hall–Kier alpha value is -1.80. The fourth-order valence-electron chi connectivity index (χ4n) is 3.46. The first-order chi connectivity index (χ1) is 12.8. The molecule has 0 bridgehead atoms. The van der Waals surface area contributed by atoms with E-state index >= 15 is 0 Å². The van der Waals surface area contributed by atoms with Crippen LogP contribution in [0.4, 0.5) is 5.95 Å². The zero-order valence-electron chi connectivity index (χ0n) is 14.3. The Morgan fingerprint density at radius 3 is 2.52 bits per heavy atom. The van der Waals surface area contributed by atoms with Gasteiger partial charge in [0.05, 0.1) is 19.0 Å². The first-order valence-electron chi connectivity index (χ1n) is 7.94. The normalized spacial score (nSPS) is 16.0. The summed E-state index contributed by atoms with van der Waals surface area (Å²) in [5.41, 5.74) is 0.260. The summed E-state index contributed by atoms with van der Waals surface area (Å²) in [7, 11) is 3.57. The van der Waals surface area contributed by atoms with Crippen molar-refractivity contribution in [2.75, 3.05) is 18.5 Å². The highest BCUT2D eigenvalue weighted by molar-refractivity contribution is 7.15. The van der Waals surface area contributed by atoms with Crippen molar-refractivity contribution in [1.82, 2.24) is 9.55 Å². The van der Waals surface area contributed by atoms with Crippen LogP contribution in [0.25, 0.3) is 11.1 Å². The number of hydrogen-bond acceptors (Lipinski definition) is 5. The average molecular weight is 445 g/mol. The fourth-order valence-corrected chi connectivity index (χ4v) is 5.02. The van der Waals surface area contributed by atoms with Crippen LogP contribution >= 0.6 is 46.1 Å². The molecule has 1 aromatic carbocycles. The third kappa shape index (κ3) is 2.99. The molecule has 6 nitrogen and oxygen atoms in total. The summed E-state index contributed by atoms with van der Waals surface area (Å²) in [6, 6.07) is 4.52. The van der Waals surface area contributed by atoms with Gasteiger partial charge in [-0.15, -0.1) is 11.3 Å². The molecule has 0 radical (unpaired) electrons. The van der Waals surface area contributed by atoms with Crippen molar-refractivity contribution < 1.29 is 9.67 Å². The monoisotopic (exact) mass is 443 g/mol. The summed E-state index contributed by atoms with van der Waals surface area (Å²) in [6.45, 7) is 0.556. The molecule has 3 aromatic rings. The SMILES string of the molecule is CN1CC(c2cnc(Cl)s2)n2c1[n+](C)c(O)c(-c1cc(Cl)cc(Cl)c1)c2=O. The van der Waals surface area contributed by atoms with Gasteiger partial charge in [0.25, 0.3) is 5.88 Å². The molecule has 0 saturated heterocycles. The molecule has 1 N–H and O–H groups in total. The lowest BCUT2D eigenvalue weighted by molar-refractivity contribution is -0.668. The highest BCUT2D eigenvalue weighted by Gasteiger charge is 2.41. The van der Waals surface area contributed by atoms with E-state index in [0.717, 1.165) is 4.88 Å². The van der Waals surface area contributed by atoms with E-state index in [-0.39, 0.29) is 23.0 Å². The highest BCUT2D eigenvalue weighted by Crippen LogP contribution is 2.36. The van der Waals surface area contributed by atoms with E-state index in [1.54, 1.807) is 40.6 Å². The molecular formula is C17H14Cl3N4O2S+. The predicted molar refractivity (Wildman–Crippen MR) is 108 cm³/mol. The quantitative estimate of drug-likeness (QED) is 0.615. The standard InChI is InChI=1S/C17H13Cl3N4O2S/c1-22-7-11(12-6-21-16(20)27-12)24-15(26)13(14(25)23(2)17(22)24)8-3-9(18)5-10(19)4-8/h3-6,11H,7H2,1-2H3/p+1. The topological polar surface area (TPSA) is 62.2 Å². The third-order valence-corrected chi connectivity index (χ3v) is 6.22. The van der Waals surface area contributed by atoms with Crippen LogP contribution in [0.3, 0.4) is 0 Å². The van der Waals surface area contributed by atoms with Crippen molar-refractivity contribution in [3.63, 3.8) is 0 Å². The second-order valence-corrected chi connectivity index (χ2v) is 8.82. The minimum absolute atomic E-state index is 0.140. The molecule has 0 aliphatic carbocycles. The molecule has 0 spiro atoms. The minimum atomic E-state index is -0.335.